The Morgan fingerprint density at radius 2 is 2.19 bits per heavy atom. The molecule has 0 aromatic heterocycles. The van der Waals surface area contributed by atoms with E-state index in [2.05, 4.69) is 18.6 Å². The number of esters is 1. The number of carbonyl (C=O) groups is 1. The van der Waals surface area contributed by atoms with Crippen molar-refractivity contribution in [3.8, 4) is 0 Å². The van der Waals surface area contributed by atoms with E-state index in [1.54, 1.807) is 12.1 Å². The van der Waals surface area contributed by atoms with Crippen LogP contribution in [0.2, 0.25) is 0 Å². The summed E-state index contributed by atoms with van der Waals surface area (Å²) in [6.45, 7) is 4.19. The molecule has 0 amide bonds. The molecule has 16 heavy (non-hydrogen) atoms. The van der Waals surface area contributed by atoms with Crippen LogP contribution in [-0.2, 0) is 10.2 Å². The van der Waals surface area contributed by atoms with E-state index in [1.807, 2.05) is 6.07 Å². The molecule has 1 aliphatic carbocycles. The monoisotopic (exact) mass is 220 g/mol. The van der Waals surface area contributed by atoms with E-state index < -0.39 is 6.10 Å². The molecule has 0 bridgehead atoms. The van der Waals surface area contributed by atoms with E-state index in [0.29, 0.717) is 12.0 Å². The molecular weight excluding hydrogens is 204 g/mol. The van der Waals surface area contributed by atoms with Crippen molar-refractivity contribution in [3.63, 3.8) is 0 Å². The van der Waals surface area contributed by atoms with Crippen LogP contribution in [0, 0.1) is 0 Å². The van der Waals surface area contributed by atoms with Gasteiger partial charge >= 0.3 is 5.97 Å². The normalized spacial score (nSPS) is 21.6. The van der Waals surface area contributed by atoms with Crippen molar-refractivity contribution in [2.24, 2.45) is 0 Å². The first-order valence-corrected chi connectivity index (χ1v) is 5.36. The Bertz CT molecular complexity index is 435. The summed E-state index contributed by atoms with van der Waals surface area (Å²) in [5, 5.41) is 9.94. The average Bonchev–Trinajstić information content (AvgIpc) is 2.48. The van der Waals surface area contributed by atoms with Crippen molar-refractivity contribution < 1.29 is 14.6 Å². The maximum atomic E-state index is 11.4. The fourth-order valence-corrected chi connectivity index (χ4v) is 2.40. The Morgan fingerprint density at radius 3 is 2.81 bits per heavy atom. The lowest BCUT2D eigenvalue weighted by Crippen LogP contribution is -2.12. The zero-order valence-electron chi connectivity index (χ0n) is 9.78. The minimum Gasteiger partial charge on any atom is -0.465 e. The van der Waals surface area contributed by atoms with E-state index in [-0.39, 0.29) is 11.4 Å². The third kappa shape index (κ3) is 1.61. The number of fused-ring (bicyclic) bond motifs is 1. The highest BCUT2D eigenvalue weighted by Crippen LogP contribution is 2.44. The molecule has 0 saturated carbocycles. The van der Waals surface area contributed by atoms with Gasteiger partial charge < -0.3 is 9.84 Å². The predicted molar refractivity (Wildman–Crippen MR) is 60.4 cm³/mol. The molecule has 1 aliphatic rings. The summed E-state index contributed by atoms with van der Waals surface area (Å²) in [4.78, 5) is 11.4. The quantitative estimate of drug-likeness (QED) is 0.738. The first-order chi connectivity index (χ1) is 7.45. The van der Waals surface area contributed by atoms with Gasteiger partial charge in [-0.3, -0.25) is 0 Å². The van der Waals surface area contributed by atoms with Gasteiger partial charge in [0.2, 0.25) is 0 Å². The summed E-state index contributed by atoms with van der Waals surface area (Å²) >= 11 is 0. The van der Waals surface area contributed by atoms with E-state index in [9.17, 15) is 9.90 Å². The molecular formula is C13H16O3. The summed E-state index contributed by atoms with van der Waals surface area (Å²) < 4.78 is 4.66. The predicted octanol–water partition coefficient (Wildman–Crippen LogP) is 2.19. The second-order valence-corrected chi connectivity index (χ2v) is 4.90. The highest BCUT2D eigenvalue weighted by atomic mass is 16.5. The first-order valence-electron chi connectivity index (χ1n) is 5.36. The molecule has 1 aromatic carbocycles. The lowest BCUT2D eigenvalue weighted by atomic mass is 9.86. The van der Waals surface area contributed by atoms with E-state index in [0.717, 1.165) is 11.1 Å². The van der Waals surface area contributed by atoms with E-state index in [4.69, 9.17) is 0 Å². The molecule has 0 saturated heterocycles. The lowest BCUT2D eigenvalue weighted by molar-refractivity contribution is 0.0600. The number of rotatable bonds is 1. The van der Waals surface area contributed by atoms with E-state index >= 15 is 0 Å². The summed E-state index contributed by atoms with van der Waals surface area (Å²) in [7, 11) is 1.36. The zero-order chi connectivity index (χ0) is 11.9. The SMILES string of the molecule is COC(=O)c1ccc2c(c1)C(O)CC2(C)C. The molecule has 0 spiro atoms. The molecule has 1 aromatic rings. The molecule has 3 heteroatoms. The van der Waals surface area contributed by atoms with Crippen molar-refractivity contribution in [2.75, 3.05) is 7.11 Å². The number of methoxy groups -OCH3 is 1. The van der Waals surface area contributed by atoms with Crippen LogP contribution < -0.4 is 0 Å². The summed E-state index contributed by atoms with van der Waals surface area (Å²) in [6.07, 6.45) is 0.224. The molecule has 0 radical (unpaired) electrons. The number of ether oxygens (including phenoxy) is 1. The smallest absolute Gasteiger partial charge is 0.337 e. The van der Waals surface area contributed by atoms with Gasteiger partial charge in [-0.05, 0) is 35.1 Å². The van der Waals surface area contributed by atoms with E-state index in [1.165, 1.54) is 7.11 Å². The van der Waals surface area contributed by atoms with Crippen LogP contribution in [0.1, 0.15) is 47.9 Å². The lowest BCUT2D eigenvalue weighted by Gasteiger charge is -2.18. The summed E-state index contributed by atoms with van der Waals surface area (Å²) in [5.74, 6) is -0.361. The second kappa shape index (κ2) is 3.59. The fourth-order valence-electron chi connectivity index (χ4n) is 2.40. The Balaban J connectivity index is 2.48. The molecule has 1 unspecified atom stereocenters. The van der Waals surface area contributed by atoms with Crippen molar-refractivity contribution in [2.45, 2.75) is 31.8 Å². The number of benzene rings is 1. The standard InChI is InChI=1S/C13H16O3/c1-13(2)7-11(14)9-6-8(12(15)16-3)4-5-10(9)13/h4-6,11,14H,7H2,1-3H3. The van der Waals surface area contributed by atoms with Gasteiger partial charge in [0.15, 0.2) is 0 Å². The third-order valence-electron chi connectivity index (χ3n) is 3.26. The van der Waals surface area contributed by atoms with Crippen LogP contribution in [0.3, 0.4) is 0 Å². The van der Waals surface area contributed by atoms with Crippen LogP contribution in [0.15, 0.2) is 18.2 Å². The molecule has 86 valence electrons. The minimum absolute atomic E-state index is 0.0244. The second-order valence-electron chi connectivity index (χ2n) is 4.90. The number of aliphatic hydroxyl groups is 1. The summed E-state index contributed by atoms with van der Waals surface area (Å²) in [5.41, 5.74) is 2.45. The number of hydrogen-bond donors (Lipinski definition) is 1. The number of carbonyl (C=O) groups excluding carboxylic acids is 1. The number of aliphatic hydroxyl groups excluding tert-OH is 1. The van der Waals surface area contributed by atoms with Crippen LogP contribution in [0.4, 0.5) is 0 Å². The van der Waals surface area contributed by atoms with Gasteiger partial charge in [0.1, 0.15) is 0 Å². The average molecular weight is 220 g/mol. The Labute approximate surface area is 95.0 Å². The van der Waals surface area contributed by atoms with Crippen molar-refractivity contribution in [3.05, 3.63) is 34.9 Å². The van der Waals surface area contributed by atoms with Crippen LogP contribution in [0.5, 0.6) is 0 Å². The van der Waals surface area contributed by atoms with Gasteiger partial charge in [-0.15, -0.1) is 0 Å². The van der Waals surface area contributed by atoms with Crippen LogP contribution in [0.25, 0.3) is 0 Å². The topological polar surface area (TPSA) is 46.5 Å². The summed E-state index contributed by atoms with van der Waals surface area (Å²) in [6, 6.07) is 5.41. The van der Waals surface area contributed by atoms with Gasteiger partial charge in [-0.1, -0.05) is 19.9 Å². The number of hydrogen-bond acceptors (Lipinski definition) is 3. The van der Waals surface area contributed by atoms with Gasteiger partial charge in [-0.25, -0.2) is 4.79 Å². The largest absolute Gasteiger partial charge is 0.465 e. The maximum Gasteiger partial charge on any atom is 0.337 e. The van der Waals surface area contributed by atoms with Gasteiger partial charge in [0.25, 0.3) is 0 Å². The molecule has 3 nitrogen and oxygen atoms in total. The van der Waals surface area contributed by atoms with Crippen molar-refractivity contribution >= 4 is 5.97 Å². The van der Waals surface area contributed by atoms with Gasteiger partial charge in [-0.2, -0.15) is 0 Å². The van der Waals surface area contributed by atoms with Crippen LogP contribution in [-0.4, -0.2) is 18.2 Å². The highest BCUT2D eigenvalue weighted by molar-refractivity contribution is 5.89. The fraction of sp³-hybridized carbons (Fsp3) is 0.462. The molecule has 0 aliphatic heterocycles. The molecule has 2 rings (SSSR count). The van der Waals surface area contributed by atoms with Crippen LogP contribution >= 0.6 is 0 Å². The molecule has 0 heterocycles. The highest BCUT2D eigenvalue weighted by Gasteiger charge is 2.36. The zero-order valence-corrected chi connectivity index (χ0v) is 9.78. The maximum absolute atomic E-state index is 11.4. The van der Waals surface area contributed by atoms with Gasteiger partial charge in [0, 0.05) is 0 Å². The van der Waals surface area contributed by atoms with Gasteiger partial charge in [0.05, 0.1) is 18.8 Å². The van der Waals surface area contributed by atoms with Crippen molar-refractivity contribution in [1.82, 2.24) is 0 Å². The van der Waals surface area contributed by atoms with Crippen molar-refractivity contribution in [1.29, 1.82) is 0 Å². The Hall–Kier alpha value is -1.35. The third-order valence-corrected chi connectivity index (χ3v) is 3.26. The Morgan fingerprint density at radius 1 is 1.50 bits per heavy atom. The Kier molecular flexibility index (Phi) is 2.50. The molecule has 1 N–H and O–H groups in total. The molecule has 0 fully saturated rings. The minimum atomic E-state index is -0.477. The first kappa shape index (κ1) is 11.1. The molecule has 1 atom stereocenters.